The Kier molecular flexibility index (Phi) is 16.2. The molecule has 6 heteroatoms. The largest absolute Gasteiger partial charge is 0.715 e. The van der Waals surface area contributed by atoms with Crippen LogP contribution in [0.3, 0.4) is 0 Å². The van der Waals surface area contributed by atoms with Crippen LogP contribution in [0.15, 0.2) is 231 Å². The molecule has 0 saturated heterocycles. The number of ether oxygens (including phenoxy) is 2. The zero-order valence-electron chi connectivity index (χ0n) is 47.8. The van der Waals surface area contributed by atoms with Gasteiger partial charge in [-0.3, -0.25) is 0 Å². The van der Waals surface area contributed by atoms with Crippen molar-refractivity contribution < 1.29 is 18.6 Å². The first-order valence-corrected chi connectivity index (χ1v) is 34.0. The molecule has 0 amide bonds. The Hall–Kier alpha value is -7.22. The molecule has 0 N–H and O–H groups in total. The van der Waals surface area contributed by atoms with Crippen LogP contribution in [0.4, 0.5) is 11.4 Å². The molecule has 9 aromatic carbocycles. The van der Waals surface area contributed by atoms with Crippen molar-refractivity contribution in [2.45, 2.75) is 110 Å². The first-order chi connectivity index (χ1) is 39.9. The number of nitrogens with zero attached hydrogens (tertiary/aromatic N) is 2. The van der Waals surface area contributed by atoms with E-state index in [-0.39, 0.29) is 5.92 Å². The van der Waals surface area contributed by atoms with Gasteiger partial charge in [0.2, 0.25) is 0 Å². The Balaban J connectivity index is 0.943. The Bertz CT molecular complexity index is 3330. The number of aryl methyl sites for hydroxylation is 2. The third-order valence-corrected chi connectivity index (χ3v) is 26.7. The number of benzene rings is 9. The lowest BCUT2D eigenvalue weighted by Gasteiger charge is -2.30. The molecule has 406 valence electrons. The van der Waals surface area contributed by atoms with Crippen LogP contribution in [0.2, 0.25) is 0 Å². The zero-order valence-corrected chi connectivity index (χ0v) is 49.6. The summed E-state index contributed by atoms with van der Waals surface area (Å²) in [6, 6.07) is 85.7. The maximum absolute atomic E-state index is 7.51. The molecule has 3 aliphatic heterocycles. The van der Waals surface area contributed by atoms with Gasteiger partial charge in [0.15, 0.2) is 23.9 Å². The van der Waals surface area contributed by atoms with Gasteiger partial charge in [-0.25, -0.2) is 0 Å². The summed E-state index contributed by atoms with van der Waals surface area (Å²) < 4.78 is 19.4. The van der Waals surface area contributed by atoms with Gasteiger partial charge in [0.1, 0.15) is 46.4 Å². The molecular weight excluding hydrogens is 1020 g/mol. The number of fused-ring (bicyclic) bond motifs is 5. The fraction of sp³-hybridized carbons (Fsp3) is 0.253. The van der Waals surface area contributed by atoms with E-state index in [9.17, 15) is 0 Å². The molecule has 0 bridgehead atoms. The normalized spacial score (nSPS) is 15.1. The molecule has 4 nitrogen and oxygen atoms in total. The summed E-state index contributed by atoms with van der Waals surface area (Å²) in [5, 5.41) is 8.64. The van der Waals surface area contributed by atoms with Crippen LogP contribution in [-0.4, -0.2) is 39.9 Å². The Morgan fingerprint density at radius 2 is 0.654 bits per heavy atom. The van der Waals surface area contributed by atoms with Gasteiger partial charge >= 0.3 is 6.03 Å². The van der Waals surface area contributed by atoms with E-state index in [0.717, 1.165) is 83.1 Å². The van der Waals surface area contributed by atoms with E-state index < -0.39 is 20.6 Å². The average molecular weight is 1100 g/mol. The van der Waals surface area contributed by atoms with Gasteiger partial charge in [0.25, 0.3) is 11.4 Å². The highest BCUT2D eigenvalue weighted by Gasteiger charge is 2.72. The first kappa shape index (κ1) is 54.4. The number of hydrogen-bond acceptors (Lipinski definition) is 2. The standard InChI is InChI=1S/C75H78N2O2P2/c1-5-7-31-59(32-8-6-2)61-51-57(3)73-63(53-61)55-76-71-47-27-28-48-72(71)77-56-64-54-62(52-58(4)74(64)79-75(76,77)78-73)60(33-29-49-80(65-35-15-9-16-36-65,66-37-17-10-18-38-66)67-39-19-11-20-40-67)34-30-50-81(68-41-21-12-22-42-68,69-43-23-13-24-44-69)70-45-25-14-26-46-70/h9-28,35-48,51-56,59-60H,5-8,29-34,49-50H2,1-4H3/q+4. The highest BCUT2D eigenvalue weighted by molar-refractivity contribution is 7.96. The van der Waals surface area contributed by atoms with Crippen molar-refractivity contribution in [2.24, 2.45) is 0 Å². The lowest BCUT2D eigenvalue weighted by molar-refractivity contribution is -0.831. The second-order valence-electron chi connectivity index (χ2n) is 22.8. The molecule has 1 unspecified atom stereocenters. The third kappa shape index (κ3) is 10.3. The molecule has 0 fully saturated rings. The predicted molar refractivity (Wildman–Crippen MR) is 346 cm³/mol. The summed E-state index contributed by atoms with van der Waals surface area (Å²) in [5.41, 5.74) is 9.44. The summed E-state index contributed by atoms with van der Waals surface area (Å²) in [7, 11) is -4.11. The SMILES string of the molecule is CCCCC(CCCC)c1cc(C)c2c(c1)C=[N+]1c3ccccc3[N+]3=Cc4cc(C(CCC[P+](c5ccccc5)(c5ccccc5)c5ccccc5)CCC[P+](c5ccccc5)(c5ccccc5)c5ccccc5)cc(C)c4OC13O2. The average Bonchev–Trinajstić information content (AvgIpc) is 2.68. The molecule has 12 rings (SSSR count). The van der Waals surface area contributed by atoms with E-state index in [2.05, 4.69) is 280 Å². The maximum Gasteiger partial charge on any atom is 0.715 e. The van der Waals surface area contributed by atoms with E-state index in [1.54, 1.807) is 0 Å². The molecule has 1 spiro atoms. The Morgan fingerprint density at radius 3 is 0.951 bits per heavy atom. The van der Waals surface area contributed by atoms with Gasteiger partial charge < -0.3 is 9.47 Å². The molecule has 0 radical (unpaired) electrons. The number of rotatable bonds is 22. The van der Waals surface area contributed by atoms with Crippen molar-refractivity contribution in [3.8, 4) is 11.5 Å². The predicted octanol–water partition coefficient (Wildman–Crippen LogP) is 16.3. The Labute approximate surface area is 483 Å². The van der Waals surface area contributed by atoms with Gasteiger partial charge in [-0.15, -0.1) is 0 Å². The van der Waals surface area contributed by atoms with Crippen molar-refractivity contribution in [1.82, 2.24) is 0 Å². The van der Waals surface area contributed by atoms with Crippen molar-refractivity contribution in [3.05, 3.63) is 264 Å². The molecule has 0 aliphatic carbocycles. The molecule has 9 aromatic rings. The van der Waals surface area contributed by atoms with Crippen LogP contribution >= 0.6 is 14.5 Å². The van der Waals surface area contributed by atoms with E-state index in [1.807, 2.05) is 0 Å². The maximum atomic E-state index is 7.51. The molecule has 0 saturated carbocycles. The van der Waals surface area contributed by atoms with Crippen molar-refractivity contribution >= 4 is 70.2 Å². The summed E-state index contributed by atoms with van der Waals surface area (Å²) in [6.45, 7) is 9.09. The summed E-state index contributed by atoms with van der Waals surface area (Å²) in [4.78, 5) is 0. The van der Waals surface area contributed by atoms with Gasteiger partial charge in [0.05, 0.1) is 23.5 Å². The lowest BCUT2D eigenvalue weighted by atomic mass is 9.87. The Morgan fingerprint density at radius 1 is 0.370 bits per heavy atom. The van der Waals surface area contributed by atoms with Crippen LogP contribution in [0.5, 0.6) is 11.5 Å². The monoisotopic (exact) mass is 1100 g/mol. The fourth-order valence-electron chi connectivity index (χ4n) is 13.7. The van der Waals surface area contributed by atoms with Gasteiger partial charge in [-0.1, -0.05) is 173 Å². The van der Waals surface area contributed by atoms with Gasteiger partial charge in [-0.05, 0) is 181 Å². The highest BCUT2D eigenvalue weighted by atomic mass is 31.2. The van der Waals surface area contributed by atoms with Gasteiger partial charge in [0, 0.05) is 12.1 Å². The molecule has 81 heavy (non-hydrogen) atoms. The quantitative estimate of drug-likeness (QED) is 0.0499. The number of para-hydroxylation sites is 2. The number of hydrogen-bond donors (Lipinski definition) is 0. The van der Waals surface area contributed by atoms with E-state index in [1.165, 1.54) is 81.5 Å². The first-order valence-electron chi connectivity index (χ1n) is 30.0. The van der Waals surface area contributed by atoms with Crippen molar-refractivity contribution in [1.29, 1.82) is 0 Å². The van der Waals surface area contributed by atoms with E-state index in [4.69, 9.17) is 9.47 Å². The van der Waals surface area contributed by atoms with E-state index in [0.29, 0.717) is 5.92 Å². The van der Waals surface area contributed by atoms with Crippen LogP contribution < -0.4 is 41.3 Å². The minimum absolute atomic E-state index is 0.288. The summed E-state index contributed by atoms with van der Waals surface area (Å²) in [6.07, 6.45) is 18.4. The highest BCUT2D eigenvalue weighted by Crippen LogP contribution is 2.59. The lowest BCUT2D eigenvalue weighted by Crippen LogP contribution is -2.59. The smallest absolute Gasteiger partial charge is 0.340 e. The fourth-order valence-corrected chi connectivity index (χ4v) is 22.5. The molecule has 0 aromatic heterocycles. The summed E-state index contributed by atoms with van der Waals surface area (Å²) >= 11 is 0. The number of unbranched alkanes of at least 4 members (excludes halogenated alkanes) is 2. The van der Waals surface area contributed by atoms with E-state index >= 15 is 0 Å². The molecule has 3 aliphatic rings. The van der Waals surface area contributed by atoms with Crippen LogP contribution in [0.1, 0.15) is 123 Å². The second kappa shape index (κ2) is 24.1. The topological polar surface area (TPSA) is 24.5 Å². The molecular formula is C75H78N2O2P2+4. The van der Waals surface area contributed by atoms with Crippen LogP contribution in [0, 0.1) is 13.8 Å². The van der Waals surface area contributed by atoms with Crippen molar-refractivity contribution in [3.63, 3.8) is 0 Å². The summed E-state index contributed by atoms with van der Waals surface area (Å²) in [5.74, 6) is 2.59. The van der Waals surface area contributed by atoms with Crippen molar-refractivity contribution in [2.75, 3.05) is 12.3 Å². The molecule has 3 heterocycles. The molecule has 1 atom stereocenters. The third-order valence-electron chi connectivity index (χ3n) is 17.7. The zero-order chi connectivity index (χ0) is 55.2. The second-order valence-corrected chi connectivity index (χ2v) is 30.0. The minimum Gasteiger partial charge on any atom is -0.340 e. The minimum atomic E-state index is -2.05. The van der Waals surface area contributed by atoms with Crippen LogP contribution in [0.25, 0.3) is 0 Å². The van der Waals surface area contributed by atoms with Crippen LogP contribution in [-0.2, 0) is 0 Å². The van der Waals surface area contributed by atoms with Gasteiger partial charge in [-0.2, -0.15) is 0 Å².